The lowest BCUT2D eigenvalue weighted by Crippen LogP contribution is -2.26. The molecule has 138 valence electrons. The fourth-order valence-electron chi connectivity index (χ4n) is 2.51. The molecule has 0 radical (unpaired) electrons. The largest absolute Gasteiger partial charge is 0.351 e. The highest BCUT2D eigenvalue weighted by Crippen LogP contribution is 2.19. The molecule has 0 aliphatic heterocycles. The Balaban J connectivity index is 1.50. The zero-order valence-corrected chi connectivity index (χ0v) is 17.7. The Hall–Kier alpha value is -1.94. The monoisotopic (exact) mass is 483 g/mol. The maximum absolute atomic E-state index is 12.2. The van der Waals surface area contributed by atoms with E-state index >= 15 is 0 Å². The molecule has 1 N–H and O–H groups in total. The number of halogens is 2. The molecule has 0 saturated carbocycles. The first kappa shape index (κ1) is 18.8. The summed E-state index contributed by atoms with van der Waals surface area (Å²) in [5.74, 6) is -0.181. The summed E-state index contributed by atoms with van der Waals surface area (Å²) in [5.41, 5.74) is 2.35. The molecule has 3 aromatic heterocycles. The number of aromatic nitrogens is 6. The van der Waals surface area contributed by atoms with Gasteiger partial charge in [-0.05, 0) is 58.2 Å². The van der Waals surface area contributed by atoms with Crippen molar-refractivity contribution in [2.24, 2.45) is 0 Å². The summed E-state index contributed by atoms with van der Waals surface area (Å²) in [6.07, 6.45) is 6.22. The standard InChI is InChI=1S/C16H19Br2N7O/c1-11-15(18)12(2)25(21-11)10-24-7-4-14(22-24)16(26)19-5-3-6-23-9-13(17)8-20-23/h4,7-9H,3,5-6,10H2,1-2H3,(H,19,26). The molecule has 0 saturated heterocycles. The fraction of sp³-hybridized carbons (Fsp3) is 0.375. The molecule has 0 spiro atoms. The van der Waals surface area contributed by atoms with Crippen LogP contribution in [0.5, 0.6) is 0 Å². The predicted octanol–water partition coefficient (Wildman–Crippen LogP) is 2.74. The maximum Gasteiger partial charge on any atom is 0.271 e. The van der Waals surface area contributed by atoms with E-state index in [4.69, 9.17) is 0 Å². The topological polar surface area (TPSA) is 82.6 Å². The highest BCUT2D eigenvalue weighted by Gasteiger charge is 2.12. The Morgan fingerprint density at radius 2 is 2.04 bits per heavy atom. The number of carbonyl (C=O) groups is 1. The van der Waals surface area contributed by atoms with Crippen LogP contribution in [0, 0.1) is 13.8 Å². The van der Waals surface area contributed by atoms with Crippen LogP contribution in [0.1, 0.15) is 28.3 Å². The molecule has 3 rings (SSSR count). The van der Waals surface area contributed by atoms with Crippen molar-refractivity contribution in [3.8, 4) is 0 Å². The van der Waals surface area contributed by atoms with Crippen LogP contribution in [0.4, 0.5) is 0 Å². The van der Waals surface area contributed by atoms with Gasteiger partial charge in [0, 0.05) is 25.5 Å². The second kappa shape index (κ2) is 8.17. The summed E-state index contributed by atoms with van der Waals surface area (Å²) in [4.78, 5) is 12.2. The van der Waals surface area contributed by atoms with Gasteiger partial charge < -0.3 is 5.32 Å². The van der Waals surface area contributed by atoms with E-state index in [1.165, 1.54) is 0 Å². The van der Waals surface area contributed by atoms with Crippen LogP contribution < -0.4 is 5.32 Å². The molecule has 3 heterocycles. The van der Waals surface area contributed by atoms with Gasteiger partial charge in [0.1, 0.15) is 12.4 Å². The molecule has 0 aliphatic carbocycles. The number of amides is 1. The molecule has 3 aromatic rings. The first-order valence-electron chi connectivity index (χ1n) is 8.13. The summed E-state index contributed by atoms with van der Waals surface area (Å²) in [6.45, 7) is 5.69. The Morgan fingerprint density at radius 1 is 1.23 bits per heavy atom. The molecule has 0 unspecified atom stereocenters. The van der Waals surface area contributed by atoms with Crippen LogP contribution >= 0.6 is 31.9 Å². The Morgan fingerprint density at radius 3 is 2.69 bits per heavy atom. The molecule has 0 atom stereocenters. The van der Waals surface area contributed by atoms with Crippen LogP contribution in [0.2, 0.25) is 0 Å². The van der Waals surface area contributed by atoms with Gasteiger partial charge in [0.15, 0.2) is 0 Å². The van der Waals surface area contributed by atoms with E-state index in [9.17, 15) is 4.79 Å². The van der Waals surface area contributed by atoms with E-state index in [-0.39, 0.29) is 5.91 Å². The average molecular weight is 485 g/mol. The average Bonchev–Trinajstić information content (AvgIpc) is 3.30. The highest BCUT2D eigenvalue weighted by molar-refractivity contribution is 9.10. The summed E-state index contributed by atoms with van der Waals surface area (Å²) < 4.78 is 7.31. The quantitative estimate of drug-likeness (QED) is 0.522. The number of rotatable bonds is 7. The minimum atomic E-state index is -0.181. The summed E-state index contributed by atoms with van der Waals surface area (Å²) >= 11 is 6.87. The molecule has 0 aromatic carbocycles. The number of aryl methyl sites for hydroxylation is 2. The van der Waals surface area contributed by atoms with E-state index in [1.54, 1.807) is 23.1 Å². The lowest BCUT2D eigenvalue weighted by Gasteiger charge is -2.05. The molecular formula is C16H19Br2N7O. The number of hydrogen-bond donors (Lipinski definition) is 1. The number of carbonyl (C=O) groups excluding carboxylic acids is 1. The minimum Gasteiger partial charge on any atom is -0.351 e. The smallest absolute Gasteiger partial charge is 0.271 e. The Bertz CT molecular complexity index is 912. The van der Waals surface area contributed by atoms with Crippen molar-refractivity contribution in [2.45, 2.75) is 33.5 Å². The van der Waals surface area contributed by atoms with Gasteiger partial charge in [-0.25, -0.2) is 4.68 Å². The number of nitrogens with zero attached hydrogens (tertiary/aromatic N) is 6. The Labute approximate surface area is 167 Å². The molecule has 8 nitrogen and oxygen atoms in total. The minimum absolute atomic E-state index is 0.181. The van der Waals surface area contributed by atoms with Crippen LogP contribution in [0.15, 0.2) is 33.6 Å². The first-order chi connectivity index (χ1) is 12.4. The molecule has 0 fully saturated rings. The van der Waals surface area contributed by atoms with E-state index < -0.39 is 0 Å². The van der Waals surface area contributed by atoms with E-state index in [0.717, 1.165) is 33.3 Å². The molecule has 1 amide bonds. The normalized spacial score (nSPS) is 11.1. The van der Waals surface area contributed by atoms with Gasteiger partial charge in [-0.3, -0.25) is 14.2 Å². The van der Waals surface area contributed by atoms with Crippen LogP contribution in [0.25, 0.3) is 0 Å². The SMILES string of the molecule is Cc1nn(Cn2ccc(C(=O)NCCCn3cc(Br)cn3)n2)c(C)c1Br. The van der Waals surface area contributed by atoms with Crippen molar-refractivity contribution in [1.82, 2.24) is 34.7 Å². The third-order valence-corrected chi connectivity index (χ3v) is 5.45. The molecule has 10 heteroatoms. The highest BCUT2D eigenvalue weighted by atomic mass is 79.9. The van der Waals surface area contributed by atoms with Gasteiger partial charge in [-0.2, -0.15) is 15.3 Å². The van der Waals surface area contributed by atoms with Crippen molar-refractivity contribution in [1.29, 1.82) is 0 Å². The van der Waals surface area contributed by atoms with E-state index in [0.29, 0.717) is 18.9 Å². The third-order valence-electron chi connectivity index (χ3n) is 3.90. The van der Waals surface area contributed by atoms with Gasteiger partial charge in [0.05, 0.1) is 26.5 Å². The molecular weight excluding hydrogens is 466 g/mol. The van der Waals surface area contributed by atoms with Crippen molar-refractivity contribution in [2.75, 3.05) is 6.54 Å². The number of nitrogens with one attached hydrogen (secondary N) is 1. The first-order valence-corrected chi connectivity index (χ1v) is 9.72. The van der Waals surface area contributed by atoms with Crippen LogP contribution in [-0.2, 0) is 13.2 Å². The van der Waals surface area contributed by atoms with Crippen molar-refractivity contribution < 1.29 is 4.79 Å². The zero-order chi connectivity index (χ0) is 18.7. The second-order valence-corrected chi connectivity index (χ2v) is 7.61. The van der Waals surface area contributed by atoms with Crippen LogP contribution in [-0.4, -0.2) is 41.8 Å². The lowest BCUT2D eigenvalue weighted by molar-refractivity contribution is 0.0946. The van der Waals surface area contributed by atoms with Gasteiger partial charge in [-0.15, -0.1) is 0 Å². The van der Waals surface area contributed by atoms with Crippen molar-refractivity contribution >= 4 is 37.8 Å². The van der Waals surface area contributed by atoms with Gasteiger partial charge in [0.2, 0.25) is 0 Å². The van der Waals surface area contributed by atoms with Gasteiger partial charge >= 0.3 is 0 Å². The van der Waals surface area contributed by atoms with E-state index in [1.807, 2.05) is 29.4 Å². The summed E-state index contributed by atoms with van der Waals surface area (Å²) in [7, 11) is 0. The molecule has 0 aliphatic rings. The lowest BCUT2D eigenvalue weighted by atomic mass is 10.3. The predicted molar refractivity (Wildman–Crippen MR) is 104 cm³/mol. The summed E-state index contributed by atoms with van der Waals surface area (Å²) in [6, 6.07) is 1.71. The molecule has 0 bridgehead atoms. The number of hydrogen-bond acceptors (Lipinski definition) is 4. The van der Waals surface area contributed by atoms with Crippen molar-refractivity contribution in [3.05, 3.63) is 50.7 Å². The van der Waals surface area contributed by atoms with Crippen molar-refractivity contribution in [3.63, 3.8) is 0 Å². The second-order valence-electron chi connectivity index (χ2n) is 5.90. The fourth-order valence-corrected chi connectivity index (χ4v) is 3.12. The molecule has 26 heavy (non-hydrogen) atoms. The summed E-state index contributed by atoms with van der Waals surface area (Å²) in [5, 5.41) is 15.8. The zero-order valence-electron chi connectivity index (χ0n) is 14.5. The van der Waals surface area contributed by atoms with Crippen LogP contribution in [0.3, 0.4) is 0 Å². The van der Waals surface area contributed by atoms with E-state index in [2.05, 4.69) is 52.5 Å². The van der Waals surface area contributed by atoms with Gasteiger partial charge in [0.25, 0.3) is 5.91 Å². The van der Waals surface area contributed by atoms with Gasteiger partial charge in [-0.1, -0.05) is 0 Å². The maximum atomic E-state index is 12.2. The Kier molecular flexibility index (Phi) is 5.92. The third kappa shape index (κ3) is 4.42.